The predicted octanol–water partition coefficient (Wildman–Crippen LogP) is 3.70. The Kier molecular flexibility index (Phi) is 8.14. The minimum atomic E-state index is -1.15. The highest BCUT2D eigenvalue weighted by molar-refractivity contribution is 5.92. The van der Waals surface area contributed by atoms with Crippen molar-refractivity contribution >= 4 is 17.3 Å². The van der Waals surface area contributed by atoms with Crippen LogP contribution in [-0.2, 0) is 19.1 Å². The van der Waals surface area contributed by atoms with Gasteiger partial charge in [0.25, 0.3) is 0 Å². The van der Waals surface area contributed by atoms with Crippen LogP contribution in [0.5, 0.6) is 0 Å². The van der Waals surface area contributed by atoms with E-state index in [1.165, 1.54) is 0 Å². The molecule has 2 aliphatic carbocycles. The van der Waals surface area contributed by atoms with E-state index in [2.05, 4.69) is 6.08 Å². The van der Waals surface area contributed by atoms with Crippen molar-refractivity contribution in [3.05, 3.63) is 11.6 Å². The number of aliphatic hydroxyl groups is 3. The third kappa shape index (κ3) is 5.27. The molecule has 2 unspecified atom stereocenters. The molecule has 2 saturated carbocycles. The summed E-state index contributed by atoms with van der Waals surface area (Å²) in [6.07, 6.45) is 3.98. The Hall–Kier alpha value is -1.41. The maximum Gasteiger partial charge on any atom is 0.170 e. The monoisotopic (exact) mass is 506 g/mol. The first-order chi connectivity index (χ1) is 16.5. The molecule has 3 aliphatic rings. The molecule has 0 aromatic rings. The molecule has 1 saturated heterocycles. The van der Waals surface area contributed by atoms with Crippen molar-refractivity contribution in [1.82, 2.24) is 0 Å². The Morgan fingerprint density at radius 1 is 1.22 bits per heavy atom. The number of hydrogen-bond donors (Lipinski definition) is 3. The van der Waals surface area contributed by atoms with Gasteiger partial charge in [0.2, 0.25) is 0 Å². The molecule has 7 heteroatoms. The van der Waals surface area contributed by atoms with Crippen LogP contribution in [-0.4, -0.2) is 61.7 Å². The number of aliphatic hydroxyl groups excluding tert-OH is 2. The standard InChI is InChI=1S/C29H46O7/c1-17(9-8-10-19-11-12-20(30)25(34)27(19,5)6)22(32)16-29-18(2)15-21(31)24(29)28(7,36-29)23(33)13-14-26(3,4)35/h10,17-18,20-21,24,30-31,35H,8-9,11-16H2,1-7H3/b19-10+/t17?,18-,20+,21-,24+,28-,29?/m0/s1. The second-order valence-corrected chi connectivity index (χ2v) is 13.0. The van der Waals surface area contributed by atoms with Crippen molar-refractivity contribution in [2.75, 3.05) is 0 Å². The number of fused-ring (bicyclic) bond motifs is 1. The van der Waals surface area contributed by atoms with Gasteiger partial charge in [-0.1, -0.05) is 25.5 Å². The summed E-state index contributed by atoms with van der Waals surface area (Å²) in [5, 5.41) is 30.8. The normalized spacial score (nSPS) is 37.9. The summed E-state index contributed by atoms with van der Waals surface area (Å²) in [6.45, 7) is 12.6. The molecular weight excluding hydrogens is 460 g/mol. The number of hydrogen-bond acceptors (Lipinski definition) is 7. The van der Waals surface area contributed by atoms with Gasteiger partial charge in [-0.15, -0.1) is 0 Å². The first-order valence-corrected chi connectivity index (χ1v) is 13.5. The Morgan fingerprint density at radius 2 is 1.86 bits per heavy atom. The Labute approximate surface area is 215 Å². The largest absolute Gasteiger partial charge is 0.393 e. The predicted molar refractivity (Wildman–Crippen MR) is 136 cm³/mol. The second kappa shape index (κ2) is 10.0. The molecule has 0 aromatic carbocycles. The van der Waals surface area contributed by atoms with E-state index in [1.807, 2.05) is 27.7 Å². The minimum absolute atomic E-state index is 0.0496. The van der Waals surface area contributed by atoms with Gasteiger partial charge in [0.1, 0.15) is 17.5 Å². The van der Waals surface area contributed by atoms with Gasteiger partial charge in [-0.25, -0.2) is 0 Å². The van der Waals surface area contributed by atoms with Crippen molar-refractivity contribution in [2.24, 2.45) is 23.2 Å². The van der Waals surface area contributed by atoms with Gasteiger partial charge in [0, 0.05) is 24.2 Å². The highest BCUT2D eigenvalue weighted by Crippen LogP contribution is 2.61. The first kappa shape index (κ1) is 29.2. The van der Waals surface area contributed by atoms with Crippen LogP contribution in [0.2, 0.25) is 0 Å². The highest BCUT2D eigenvalue weighted by Gasteiger charge is 2.73. The lowest BCUT2D eigenvalue weighted by molar-refractivity contribution is -0.313. The number of Topliss-reactive ketones (excluding diaryl/α,β-unsaturated/α-hetero) is 3. The smallest absolute Gasteiger partial charge is 0.170 e. The van der Waals surface area contributed by atoms with Gasteiger partial charge in [0.15, 0.2) is 11.6 Å². The number of rotatable bonds is 10. The zero-order chi connectivity index (χ0) is 27.3. The van der Waals surface area contributed by atoms with E-state index in [0.29, 0.717) is 38.5 Å². The lowest BCUT2D eigenvalue weighted by Crippen LogP contribution is -2.72. The molecule has 1 aliphatic heterocycles. The zero-order valence-corrected chi connectivity index (χ0v) is 23.1. The van der Waals surface area contributed by atoms with Crippen LogP contribution in [0, 0.1) is 23.2 Å². The number of ether oxygens (including phenoxy) is 1. The maximum atomic E-state index is 13.3. The Balaban J connectivity index is 1.64. The van der Waals surface area contributed by atoms with E-state index in [9.17, 15) is 29.7 Å². The Morgan fingerprint density at radius 3 is 2.47 bits per heavy atom. The topological polar surface area (TPSA) is 121 Å². The van der Waals surface area contributed by atoms with Gasteiger partial charge in [-0.05, 0) is 79.1 Å². The van der Waals surface area contributed by atoms with E-state index >= 15 is 0 Å². The average molecular weight is 507 g/mol. The van der Waals surface area contributed by atoms with Crippen LogP contribution in [0.25, 0.3) is 0 Å². The molecule has 3 rings (SSSR count). The summed E-state index contributed by atoms with van der Waals surface area (Å²) in [7, 11) is 0. The van der Waals surface area contributed by atoms with Crippen LogP contribution < -0.4 is 0 Å². The quantitative estimate of drug-likeness (QED) is 0.386. The molecule has 204 valence electrons. The van der Waals surface area contributed by atoms with Crippen LogP contribution in [0.15, 0.2) is 11.6 Å². The molecular formula is C29H46O7. The third-order valence-corrected chi connectivity index (χ3v) is 9.25. The summed E-state index contributed by atoms with van der Waals surface area (Å²) >= 11 is 0. The highest BCUT2D eigenvalue weighted by atomic mass is 16.6. The first-order valence-electron chi connectivity index (χ1n) is 13.5. The lowest BCUT2D eigenvalue weighted by Gasteiger charge is -2.60. The number of allylic oxidation sites excluding steroid dienone is 2. The van der Waals surface area contributed by atoms with Gasteiger partial charge in [0.05, 0.1) is 23.2 Å². The summed E-state index contributed by atoms with van der Waals surface area (Å²) in [6, 6.07) is 0. The van der Waals surface area contributed by atoms with Crippen molar-refractivity contribution in [2.45, 2.75) is 129 Å². The molecule has 3 fully saturated rings. The molecule has 7 atom stereocenters. The third-order valence-electron chi connectivity index (χ3n) is 9.25. The number of carbonyl (C=O) groups is 3. The van der Waals surface area contributed by atoms with E-state index in [4.69, 9.17) is 4.74 Å². The van der Waals surface area contributed by atoms with E-state index in [-0.39, 0.29) is 42.0 Å². The molecule has 1 heterocycles. The average Bonchev–Trinajstić information content (AvgIpc) is 2.95. The van der Waals surface area contributed by atoms with Gasteiger partial charge < -0.3 is 20.1 Å². The number of ketones is 3. The van der Waals surface area contributed by atoms with Crippen LogP contribution in [0.1, 0.15) is 99.8 Å². The fraction of sp³-hybridized carbons (Fsp3) is 0.828. The van der Waals surface area contributed by atoms with Gasteiger partial charge >= 0.3 is 0 Å². The molecule has 0 spiro atoms. The second-order valence-electron chi connectivity index (χ2n) is 13.0. The van der Waals surface area contributed by atoms with Crippen LogP contribution in [0.4, 0.5) is 0 Å². The van der Waals surface area contributed by atoms with Crippen molar-refractivity contribution in [1.29, 1.82) is 0 Å². The molecule has 0 aromatic heterocycles. The lowest BCUT2D eigenvalue weighted by atomic mass is 9.63. The summed E-state index contributed by atoms with van der Waals surface area (Å²) in [4.78, 5) is 38.7. The van der Waals surface area contributed by atoms with Crippen LogP contribution >= 0.6 is 0 Å². The van der Waals surface area contributed by atoms with Crippen molar-refractivity contribution in [3.63, 3.8) is 0 Å². The summed E-state index contributed by atoms with van der Waals surface area (Å²) in [5.74, 6) is -0.944. The van der Waals surface area contributed by atoms with Crippen molar-refractivity contribution in [3.8, 4) is 0 Å². The molecule has 7 nitrogen and oxygen atoms in total. The SMILES string of the molecule is CC(CC/C=C1\CC[C@@H](O)C(=O)C1(C)C)C(=O)CC12O[C@@](C)(C(=O)CCC(C)(C)O)[C@H]1[C@@H](O)C[C@@H]2C. The molecule has 0 amide bonds. The van der Waals surface area contributed by atoms with E-state index < -0.39 is 40.3 Å². The van der Waals surface area contributed by atoms with Crippen LogP contribution in [0.3, 0.4) is 0 Å². The maximum absolute atomic E-state index is 13.3. The molecule has 3 N–H and O–H groups in total. The minimum Gasteiger partial charge on any atom is -0.393 e. The fourth-order valence-electron chi connectivity index (χ4n) is 6.73. The molecule has 36 heavy (non-hydrogen) atoms. The summed E-state index contributed by atoms with van der Waals surface area (Å²) < 4.78 is 6.33. The number of carbonyl (C=O) groups excluding carboxylic acids is 3. The van der Waals surface area contributed by atoms with Gasteiger partial charge in [-0.3, -0.25) is 14.4 Å². The Bertz CT molecular complexity index is 913. The van der Waals surface area contributed by atoms with Crippen molar-refractivity contribution < 1.29 is 34.4 Å². The molecule has 0 radical (unpaired) electrons. The van der Waals surface area contributed by atoms with Gasteiger partial charge in [-0.2, -0.15) is 0 Å². The zero-order valence-electron chi connectivity index (χ0n) is 23.1. The van der Waals surface area contributed by atoms with E-state index in [1.54, 1.807) is 20.8 Å². The van der Waals surface area contributed by atoms with E-state index in [0.717, 1.165) is 5.57 Å². The molecule has 0 bridgehead atoms. The fourth-order valence-corrected chi connectivity index (χ4v) is 6.73. The summed E-state index contributed by atoms with van der Waals surface area (Å²) in [5.41, 5.74) is -2.61.